The molecule has 144 valence electrons. The topological polar surface area (TPSA) is 124 Å². The molecule has 28 heavy (non-hydrogen) atoms. The lowest BCUT2D eigenvalue weighted by Crippen LogP contribution is -2.13. The van der Waals surface area contributed by atoms with Gasteiger partial charge in [-0.25, -0.2) is 0 Å². The first kappa shape index (κ1) is 20.3. The summed E-state index contributed by atoms with van der Waals surface area (Å²) in [4.78, 5) is 23.0. The fourth-order valence-corrected chi connectivity index (χ4v) is 2.34. The van der Waals surface area contributed by atoms with E-state index < -0.39 is 10.8 Å². The van der Waals surface area contributed by atoms with E-state index in [0.717, 1.165) is 0 Å². The Labute approximate surface area is 160 Å². The van der Waals surface area contributed by atoms with Crippen LogP contribution in [0.15, 0.2) is 42.0 Å². The smallest absolute Gasteiger partial charge is 0.311 e. The zero-order chi connectivity index (χ0) is 20.7. The Morgan fingerprint density at radius 2 is 1.75 bits per heavy atom. The van der Waals surface area contributed by atoms with Crippen LogP contribution in [-0.2, 0) is 4.79 Å². The number of hydrogen-bond donors (Lipinski definition) is 1. The van der Waals surface area contributed by atoms with Crippen molar-refractivity contribution in [2.24, 2.45) is 0 Å². The molecule has 0 atom stereocenters. The van der Waals surface area contributed by atoms with Crippen LogP contribution >= 0.6 is 0 Å². The number of carbonyl (C=O) groups excluding carboxylic acids is 1. The van der Waals surface area contributed by atoms with E-state index in [2.05, 4.69) is 5.32 Å². The van der Waals surface area contributed by atoms with Crippen LogP contribution in [0.1, 0.15) is 5.56 Å². The fraction of sp³-hybridized carbons (Fsp3) is 0.158. The number of benzene rings is 2. The van der Waals surface area contributed by atoms with Gasteiger partial charge < -0.3 is 19.5 Å². The van der Waals surface area contributed by atoms with Crippen LogP contribution in [0.25, 0.3) is 6.08 Å². The van der Waals surface area contributed by atoms with Crippen LogP contribution < -0.4 is 19.5 Å². The van der Waals surface area contributed by atoms with E-state index in [1.54, 1.807) is 30.3 Å². The van der Waals surface area contributed by atoms with Crippen LogP contribution in [0.5, 0.6) is 17.2 Å². The van der Waals surface area contributed by atoms with Gasteiger partial charge in [0.05, 0.1) is 26.3 Å². The minimum absolute atomic E-state index is 0.000178. The average Bonchev–Trinajstić information content (AvgIpc) is 2.71. The number of amides is 1. The summed E-state index contributed by atoms with van der Waals surface area (Å²) in [5.41, 5.74) is 0.0760. The van der Waals surface area contributed by atoms with Crippen molar-refractivity contribution in [3.8, 4) is 23.3 Å². The quantitative estimate of drug-likeness (QED) is 0.337. The molecule has 2 rings (SSSR count). The standard InChI is InChI=1S/C19H17N3O6/c1-26-15-6-4-14(5-7-15)21-19(23)13(11-20)8-12-9-16(22(24)25)18(28-3)10-17(12)27-2/h4-10H,1-3H3,(H,21,23)/b13-8-. The molecule has 9 nitrogen and oxygen atoms in total. The van der Waals surface area contributed by atoms with Crippen LogP contribution in [0.3, 0.4) is 0 Å². The molecule has 0 fully saturated rings. The highest BCUT2D eigenvalue weighted by Gasteiger charge is 2.20. The number of hydrogen-bond acceptors (Lipinski definition) is 7. The van der Waals surface area contributed by atoms with Gasteiger partial charge in [-0.15, -0.1) is 0 Å². The highest BCUT2D eigenvalue weighted by molar-refractivity contribution is 6.09. The van der Waals surface area contributed by atoms with Crippen LogP contribution in [-0.4, -0.2) is 32.2 Å². The number of methoxy groups -OCH3 is 3. The zero-order valence-corrected chi connectivity index (χ0v) is 15.4. The molecule has 2 aromatic carbocycles. The highest BCUT2D eigenvalue weighted by atomic mass is 16.6. The molecular formula is C19H17N3O6. The number of nitro benzene ring substituents is 1. The molecule has 0 spiro atoms. The molecule has 0 saturated heterocycles. The third-order valence-electron chi connectivity index (χ3n) is 3.74. The van der Waals surface area contributed by atoms with Gasteiger partial charge >= 0.3 is 5.69 Å². The summed E-state index contributed by atoms with van der Waals surface area (Å²) >= 11 is 0. The number of nitrogens with zero attached hydrogens (tertiary/aromatic N) is 2. The second kappa shape index (κ2) is 9.05. The van der Waals surface area contributed by atoms with Crippen molar-refractivity contribution in [1.82, 2.24) is 0 Å². The maximum Gasteiger partial charge on any atom is 0.311 e. The molecule has 1 amide bonds. The first-order valence-electron chi connectivity index (χ1n) is 7.91. The van der Waals surface area contributed by atoms with E-state index in [0.29, 0.717) is 11.4 Å². The molecule has 0 radical (unpaired) electrons. The molecule has 0 aliphatic carbocycles. The van der Waals surface area contributed by atoms with E-state index in [1.807, 2.05) is 0 Å². The number of nitro groups is 1. The third kappa shape index (κ3) is 4.56. The second-order valence-corrected chi connectivity index (χ2v) is 5.38. The van der Waals surface area contributed by atoms with Crippen LogP contribution in [0, 0.1) is 21.4 Å². The second-order valence-electron chi connectivity index (χ2n) is 5.38. The maximum absolute atomic E-state index is 12.4. The normalized spacial score (nSPS) is 10.6. The Morgan fingerprint density at radius 1 is 1.11 bits per heavy atom. The monoisotopic (exact) mass is 383 g/mol. The number of carbonyl (C=O) groups is 1. The molecule has 1 N–H and O–H groups in total. The van der Waals surface area contributed by atoms with Crippen LogP contribution in [0.2, 0.25) is 0 Å². The Kier molecular flexibility index (Phi) is 6.54. The molecular weight excluding hydrogens is 366 g/mol. The first-order chi connectivity index (χ1) is 13.4. The molecule has 0 heterocycles. The Hall–Kier alpha value is -4.06. The van der Waals surface area contributed by atoms with Crippen molar-refractivity contribution in [2.45, 2.75) is 0 Å². The molecule has 0 aliphatic rings. The molecule has 0 saturated carbocycles. The van der Waals surface area contributed by atoms with E-state index in [1.165, 1.54) is 39.5 Å². The molecule has 2 aromatic rings. The summed E-state index contributed by atoms with van der Waals surface area (Å²) < 4.78 is 15.2. The predicted molar refractivity (Wildman–Crippen MR) is 101 cm³/mol. The Morgan fingerprint density at radius 3 is 2.25 bits per heavy atom. The SMILES string of the molecule is COc1ccc(NC(=O)/C(C#N)=C\c2cc([N+](=O)[O-])c(OC)cc2OC)cc1. The van der Waals surface area contributed by atoms with E-state index in [9.17, 15) is 20.2 Å². The molecule has 9 heteroatoms. The van der Waals surface area contributed by atoms with Crippen LogP contribution in [0.4, 0.5) is 11.4 Å². The van der Waals surface area contributed by atoms with Crippen molar-refractivity contribution in [1.29, 1.82) is 5.26 Å². The molecule has 0 unspecified atom stereocenters. The van der Waals surface area contributed by atoms with Crippen molar-refractivity contribution in [3.63, 3.8) is 0 Å². The zero-order valence-electron chi connectivity index (χ0n) is 15.4. The van der Waals surface area contributed by atoms with Crippen molar-refractivity contribution < 1.29 is 23.9 Å². The minimum atomic E-state index is -0.673. The number of nitrogens with one attached hydrogen (secondary N) is 1. The number of anilines is 1. The Bertz CT molecular complexity index is 961. The number of rotatable bonds is 7. The van der Waals surface area contributed by atoms with Gasteiger partial charge in [0.15, 0.2) is 0 Å². The summed E-state index contributed by atoms with van der Waals surface area (Å²) in [5, 5.41) is 23.2. The molecule has 0 aliphatic heterocycles. The maximum atomic E-state index is 12.4. The fourth-order valence-electron chi connectivity index (χ4n) is 2.34. The van der Waals surface area contributed by atoms with Crippen molar-refractivity contribution in [3.05, 3.63) is 57.6 Å². The van der Waals surface area contributed by atoms with Gasteiger partial charge in [-0.2, -0.15) is 5.26 Å². The lowest BCUT2D eigenvalue weighted by Gasteiger charge is -2.09. The summed E-state index contributed by atoms with van der Waals surface area (Å²) in [6.07, 6.45) is 1.21. The van der Waals surface area contributed by atoms with E-state index in [4.69, 9.17) is 14.2 Å². The summed E-state index contributed by atoms with van der Waals surface area (Å²) in [6, 6.07) is 10.8. The minimum Gasteiger partial charge on any atom is -0.497 e. The van der Waals surface area contributed by atoms with Gasteiger partial charge in [0, 0.05) is 23.4 Å². The van der Waals surface area contributed by atoms with Crippen molar-refractivity contribution >= 4 is 23.4 Å². The van der Waals surface area contributed by atoms with E-state index in [-0.39, 0.29) is 28.3 Å². The largest absolute Gasteiger partial charge is 0.497 e. The first-order valence-corrected chi connectivity index (χ1v) is 7.91. The van der Waals surface area contributed by atoms with E-state index >= 15 is 0 Å². The summed E-state index contributed by atoms with van der Waals surface area (Å²) in [6.45, 7) is 0. The van der Waals surface area contributed by atoms with Gasteiger partial charge in [-0.05, 0) is 30.3 Å². The lowest BCUT2D eigenvalue weighted by atomic mass is 10.1. The summed E-state index contributed by atoms with van der Waals surface area (Å²) in [5.74, 6) is 0.158. The summed E-state index contributed by atoms with van der Waals surface area (Å²) in [7, 11) is 4.17. The lowest BCUT2D eigenvalue weighted by molar-refractivity contribution is -0.385. The van der Waals surface area contributed by atoms with Gasteiger partial charge in [-0.3, -0.25) is 14.9 Å². The third-order valence-corrected chi connectivity index (χ3v) is 3.74. The van der Waals surface area contributed by atoms with Gasteiger partial charge in [-0.1, -0.05) is 0 Å². The van der Waals surface area contributed by atoms with Gasteiger partial charge in [0.1, 0.15) is 23.1 Å². The number of nitriles is 1. The van der Waals surface area contributed by atoms with Gasteiger partial charge in [0.25, 0.3) is 5.91 Å². The van der Waals surface area contributed by atoms with Gasteiger partial charge in [0.2, 0.25) is 5.75 Å². The van der Waals surface area contributed by atoms with Crippen molar-refractivity contribution in [2.75, 3.05) is 26.6 Å². The predicted octanol–water partition coefficient (Wildman–Crippen LogP) is 3.17. The molecule has 0 bridgehead atoms. The Balaban J connectivity index is 2.39. The highest BCUT2D eigenvalue weighted by Crippen LogP contribution is 2.35. The number of ether oxygens (including phenoxy) is 3. The molecule has 0 aromatic heterocycles. The average molecular weight is 383 g/mol.